The molecule has 1 saturated heterocycles. The summed E-state index contributed by atoms with van der Waals surface area (Å²) in [6, 6.07) is 10.6. The summed E-state index contributed by atoms with van der Waals surface area (Å²) in [6.45, 7) is 3.75. The molecule has 1 aliphatic heterocycles. The van der Waals surface area contributed by atoms with Crippen LogP contribution in [0.2, 0.25) is 0 Å². The highest BCUT2D eigenvalue weighted by Gasteiger charge is 2.34. The van der Waals surface area contributed by atoms with E-state index in [1.165, 1.54) is 38.5 Å². The number of likely N-dealkylation sites (tertiary alicyclic amines) is 1. The first-order valence-electron chi connectivity index (χ1n) is 10.4. The highest BCUT2D eigenvalue weighted by Crippen LogP contribution is 2.37. The van der Waals surface area contributed by atoms with E-state index >= 15 is 0 Å². The molecule has 146 valence electrons. The fourth-order valence-electron chi connectivity index (χ4n) is 4.93. The summed E-state index contributed by atoms with van der Waals surface area (Å²) in [5.74, 6) is 2.71. The second kappa shape index (κ2) is 7.51. The summed E-state index contributed by atoms with van der Waals surface area (Å²) in [5.41, 5.74) is 2.52. The van der Waals surface area contributed by atoms with Crippen LogP contribution < -0.4 is 0 Å². The fraction of sp³-hybridized carbons (Fsp3) is 0.500. The maximum absolute atomic E-state index is 6.09. The molecule has 1 aliphatic carbocycles. The van der Waals surface area contributed by atoms with Crippen LogP contribution in [0.25, 0.3) is 22.7 Å². The van der Waals surface area contributed by atoms with E-state index in [9.17, 15) is 0 Å². The van der Waals surface area contributed by atoms with Crippen LogP contribution >= 0.6 is 0 Å². The SMILES string of the molecule is Cc1onc(-c2ccccc2)c1-c1nnc(CN2CCC[C@H]3CCCC[C@@H]32)o1. The van der Waals surface area contributed by atoms with Crippen molar-refractivity contribution in [3.05, 3.63) is 42.0 Å². The molecule has 1 aromatic carbocycles. The molecule has 0 N–H and O–H groups in total. The highest BCUT2D eigenvalue weighted by atomic mass is 16.5. The van der Waals surface area contributed by atoms with Crippen LogP contribution in [0.4, 0.5) is 0 Å². The average Bonchev–Trinajstić information content (AvgIpc) is 3.35. The van der Waals surface area contributed by atoms with E-state index in [2.05, 4.69) is 20.3 Å². The smallest absolute Gasteiger partial charge is 0.253 e. The van der Waals surface area contributed by atoms with Crippen molar-refractivity contribution in [1.82, 2.24) is 20.3 Å². The predicted octanol–water partition coefficient (Wildman–Crippen LogP) is 4.85. The van der Waals surface area contributed by atoms with E-state index in [1.54, 1.807) is 0 Å². The molecule has 0 spiro atoms. The van der Waals surface area contributed by atoms with E-state index in [1.807, 2.05) is 37.3 Å². The molecule has 2 fully saturated rings. The molecule has 3 heterocycles. The van der Waals surface area contributed by atoms with Crippen LogP contribution in [0, 0.1) is 12.8 Å². The Hall–Kier alpha value is -2.47. The number of nitrogens with zero attached hydrogens (tertiary/aromatic N) is 4. The quantitative estimate of drug-likeness (QED) is 0.646. The highest BCUT2D eigenvalue weighted by molar-refractivity contribution is 5.77. The van der Waals surface area contributed by atoms with Gasteiger partial charge in [0.25, 0.3) is 5.89 Å². The minimum atomic E-state index is 0.491. The first-order valence-corrected chi connectivity index (χ1v) is 10.4. The van der Waals surface area contributed by atoms with Crippen molar-refractivity contribution in [2.24, 2.45) is 5.92 Å². The summed E-state index contributed by atoms with van der Waals surface area (Å²) in [4.78, 5) is 2.56. The number of fused-ring (bicyclic) bond motifs is 1. The number of benzene rings is 1. The van der Waals surface area contributed by atoms with E-state index in [0.29, 0.717) is 23.6 Å². The Labute approximate surface area is 164 Å². The molecule has 1 saturated carbocycles. The number of aryl methyl sites for hydroxylation is 1. The van der Waals surface area contributed by atoms with Crippen LogP contribution in [-0.2, 0) is 6.54 Å². The lowest BCUT2D eigenvalue weighted by Gasteiger charge is -2.43. The Morgan fingerprint density at radius 2 is 1.86 bits per heavy atom. The Kier molecular flexibility index (Phi) is 4.72. The minimum absolute atomic E-state index is 0.491. The Balaban J connectivity index is 1.39. The van der Waals surface area contributed by atoms with Gasteiger partial charge >= 0.3 is 0 Å². The zero-order valence-corrected chi connectivity index (χ0v) is 16.3. The zero-order valence-electron chi connectivity index (χ0n) is 16.3. The van der Waals surface area contributed by atoms with Gasteiger partial charge in [-0.05, 0) is 45.1 Å². The standard InChI is InChI=1S/C22H26N4O2/c1-15-20(21(25-28-15)17-9-3-2-4-10-17)22-24-23-19(27-22)14-26-13-7-11-16-8-5-6-12-18(16)26/h2-4,9-10,16,18H,5-8,11-14H2,1H3/t16-,18+/m1/s1. The topological polar surface area (TPSA) is 68.2 Å². The lowest BCUT2D eigenvalue weighted by Crippen LogP contribution is -2.46. The summed E-state index contributed by atoms with van der Waals surface area (Å²) >= 11 is 0. The van der Waals surface area contributed by atoms with E-state index in [4.69, 9.17) is 8.94 Å². The molecule has 0 radical (unpaired) electrons. The maximum atomic E-state index is 6.09. The van der Waals surface area contributed by atoms with Crippen LogP contribution in [0.15, 0.2) is 39.3 Å². The molecule has 0 unspecified atom stereocenters. The lowest BCUT2D eigenvalue weighted by molar-refractivity contribution is 0.0483. The van der Waals surface area contributed by atoms with Gasteiger partial charge in [0.05, 0.1) is 6.54 Å². The molecule has 5 rings (SSSR count). The van der Waals surface area contributed by atoms with Crippen LogP contribution in [-0.4, -0.2) is 32.8 Å². The van der Waals surface area contributed by atoms with Gasteiger partial charge in [-0.2, -0.15) is 0 Å². The Morgan fingerprint density at radius 3 is 2.75 bits per heavy atom. The number of rotatable bonds is 4. The molecular weight excluding hydrogens is 352 g/mol. The van der Waals surface area contributed by atoms with E-state index in [0.717, 1.165) is 35.8 Å². The molecule has 3 aromatic rings. The number of hydrogen-bond donors (Lipinski definition) is 0. The first kappa shape index (κ1) is 17.6. The van der Waals surface area contributed by atoms with Crippen molar-refractivity contribution in [3.63, 3.8) is 0 Å². The van der Waals surface area contributed by atoms with E-state index in [-0.39, 0.29) is 0 Å². The van der Waals surface area contributed by atoms with Gasteiger partial charge < -0.3 is 8.94 Å². The van der Waals surface area contributed by atoms with Gasteiger partial charge in [0.1, 0.15) is 17.0 Å². The van der Waals surface area contributed by atoms with Gasteiger partial charge in [0.2, 0.25) is 5.89 Å². The van der Waals surface area contributed by atoms with Gasteiger partial charge in [0, 0.05) is 11.6 Å². The molecule has 6 nitrogen and oxygen atoms in total. The third kappa shape index (κ3) is 3.26. The molecule has 0 bridgehead atoms. The third-order valence-electron chi connectivity index (χ3n) is 6.29. The average molecular weight is 378 g/mol. The first-order chi connectivity index (χ1) is 13.8. The summed E-state index contributed by atoms with van der Waals surface area (Å²) in [6.07, 6.45) is 8.04. The van der Waals surface area contributed by atoms with Crippen molar-refractivity contribution in [3.8, 4) is 22.7 Å². The second-order valence-corrected chi connectivity index (χ2v) is 8.05. The van der Waals surface area contributed by atoms with Crippen molar-refractivity contribution < 1.29 is 8.94 Å². The summed E-state index contributed by atoms with van der Waals surface area (Å²) in [5, 5.41) is 12.9. The fourth-order valence-corrected chi connectivity index (χ4v) is 4.93. The molecule has 28 heavy (non-hydrogen) atoms. The maximum Gasteiger partial charge on any atom is 0.253 e. The molecular formula is C22H26N4O2. The molecule has 6 heteroatoms. The van der Waals surface area contributed by atoms with Gasteiger partial charge in [-0.25, -0.2) is 0 Å². The Bertz CT molecular complexity index is 931. The lowest BCUT2D eigenvalue weighted by atomic mass is 9.78. The number of piperidine rings is 1. The van der Waals surface area contributed by atoms with Gasteiger partial charge in [-0.15, -0.1) is 10.2 Å². The Morgan fingerprint density at radius 1 is 1.04 bits per heavy atom. The van der Waals surface area contributed by atoms with Crippen LogP contribution in [0.5, 0.6) is 0 Å². The molecule has 2 atom stereocenters. The number of hydrogen-bond acceptors (Lipinski definition) is 6. The minimum Gasteiger partial charge on any atom is -0.419 e. The van der Waals surface area contributed by atoms with Crippen LogP contribution in [0.1, 0.15) is 50.2 Å². The van der Waals surface area contributed by atoms with Crippen LogP contribution in [0.3, 0.4) is 0 Å². The van der Waals surface area contributed by atoms with Crippen molar-refractivity contribution >= 4 is 0 Å². The van der Waals surface area contributed by atoms with E-state index < -0.39 is 0 Å². The largest absolute Gasteiger partial charge is 0.419 e. The summed E-state index contributed by atoms with van der Waals surface area (Å²) < 4.78 is 11.5. The van der Waals surface area contributed by atoms with Gasteiger partial charge in [-0.1, -0.05) is 48.3 Å². The van der Waals surface area contributed by atoms with Gasteiger partial charge in [0.15, 0.2) is 0 Å². The molecule has 2 aromatic heterocycles. The van der Waals surface area contributed by atoms with Crippen molar-refractivity contribution in [2.45, 2.75) is 58.0 Å². The monoisotopic (exact) mass is 378 g/mol. The predicted molar refractivity (Wildman–Crippen MR) is 105 cm³/mol. The molecule has 0 amide bonds. The number of aromatic nitrogens is 3. The summed E-state index contributed by atoms with van der Waals surface area (Å²) in [7, 11) is 0. The van der Waals surface area contributed by atoms with Crippen molar-refractivity contribution in [2.75, 3.05) is 6.54 Å². The van der Waals surface area contributed by atoms with Crippen molar-refractivity contribution in [1.29, 1.82) is 0 Å². The zero-order chi connectivity index (χ0) is 18.9. The second-order valence-electron chi connectivity index (χ2n) is 8.05. The normalized spacial score (nSPS) is 22.9. The van der Waals surface area contributed by atoms with Gasteiger partial charge in [-0.3, -0.25) is 4.90 Å². The molecule has 2 aliphatic rings. The third-order valence-corrected chi connectivity index (χ3v) is 6.29.